The lowest BCUT2D eigenvalue weighted by atomic mass is 10.5. The van der Waals surface area contributed by atoms with E-state index < -0.39 is 0 Å². The summed E-state index contributed by atoms with van der Waals surface area (Å²) in [5.41, 5.74) is 0. The van der Waals surface area contributed by atoms with Gasteiger partial charge >= 0.3 is 0 Å². The van der Waals surface area contributed by atoms with E-state index in [0.717, 1.165) is 0 Å². The molecule has 0 N–H and O–H groups in total. The molecule has 0 atom stereocenters. The standard InChI is InChI=1S/C6H10O/c1-3-5-6-7-4-2/h3H,1,4-5H2,2H3. The van der Waals surface area contributed by atoms with Crippen molar-refractivity contribution in [2.75, 3.05) is 6.61 Å². The predicted octanol–water partition coefficient (Wildman–Crippen LogP) is 1.64. The van der Waals surface area contributed by atoms with E-state index in [4.69, 9.17) is 4.74 Å². The van der Waals surface area contributed by atoms with Gasteiger partial charge in [-0.25, -0.2) is 0 Å². The third-order valence-electron chi connectivity index (χ3n) is 0.474. The van der Waals surface area contributed by atoms with E-state index in [0.29, 0.717) is 13.0 Å². The quantitative estimate of drug-likeness (QED) is 0.383. The minimum absolute atomic E-state index is 0.702. The molecule has 1 heteroatoms. The van der Waals surface area contributed by atoms with E-state index in [9.17, 15) is 0 Å². The smallest absolute Gasteiger partial charge is 0.136 e. The largest absolute Gasteiger partial charge is 0.369 e. The number of hydrogen-bond donors (Lipinski definition) is 0. The third-order valence-corrected chi connectivity index (χ3v) is 0.474. The number of rotatable bonds is 4. The molecular formula is C6H10O. The molecule has 0 unspecified atom stereocenters. The molecule has 0 saturated carbocycles. The zero-order valence-corrected chi connectivity index (χ0v) is 4.61. The Kier molecular flexibility index (Phi) is 5.46. The van der Waals surface area contributed by atoms with E-state index in [-0.39, 0.29) is 0 Å². The van der Waals surface area contributed by atoms with Crippen LogP contribution in [0.25, 0.3) is 0 Å². The van der Waals surface area contributed by atoms with Gasteiger partial charge in [-0.15, -0.1) is 6.58 Å². The van der Waals surface area contributed by atoms with Gasteiger partial charge in [0, 0.05) is 13.0 Å². The summed E-state index contributed by atoms with van der Waals surface area (Å²) in [4.78, 5) is 0. The highest BCUT2D eigenvalue weighted by molar-refractivity contribution is 4.70. The molecular weight excluding hydrogens is 88.1 g/mol. The van der Waals surface area contributed by atoms with Crippen LogP contribution in [0.15, 0.2) is 12.7 Å². The second kappa shape index (κ2) is 5.70. The first-order valence-corrected chi connectivity index (χ1v) is 2.37. The van der Waals surface area contributed by atoms with Gasteiger partial charge in [0.1, 0.15) is 6.61 Å². The fourth-order valence-corrected chi connectivity index (χ4v) is 0.220. The summed E-state index contributed by atoms with van der Waals surface area (Å²) in [7, 11) is 0. The van der Waals surface area contributed by atoms with Crippen molar-refractivity contribution in [2.24, 2.45) is 0 Å². The maximum atomic E-state index is 4.75. The fraction of sp³-hybridized carbons (Fsp3) is 0.500. The average Bonchev–Trinajstić information content (AvgIpc) is 1.69. The van der Waals surface area contributed by atoms with Crippen molar-refractivity contribution in [2.45, 2.75) is 13.3 Å². The summed E-state index contributed by atoms with van der Waals surface area (Å²) in [6.07, 6.45) is 2.46. The Morgan fingerprint density at radius 2 is 2.57 bits per heavy atom. The topological polar surface area (TPSA) is 9.23 Å². The van der Waals surface area contributed by atoms with Crippen LogP contribution in [0.5, 0.6) is 0 Å². The first-order valence-electron chi connectivity index (χ1n) is 2.37. The molecule has 2 radical (unpaired) electrons. The lowest BCUT2D eigenvalue weighted by Gasteiger charge is -1.90. The van der Waals surface area contributed by atoms with Crippen molar-refractivity contribution in [1.29, 1.82) is 0 Å². The van der Waals surface area contributed by atoms with Crippen LogP contribution in [0.2, 0.25) is 0 Å². The molecule has 0 fully saturated rings. The summed E-state index contributed by atoms with van der Waals surface area (Å²) in [5.74, 6) is 0. The molecule has 0 rings (SSSR count). The minimum atomic E-state index is 0.702. The number of ether oxygens (including phenoxy) is 1. The zero-order valence-electron chi connectivity index (χ0n) is 4.61. The molecule has 0 spiro atoms. The second-order valence-corrected chi connectivity index (χ2v) is 1.07. The van der Waals surface area contributed by atoms with Crippen molar-refractivity contribution in [3.05, 3.63) is 19.3 Å². The van der Waals surface area contributed by atoms with Crippen LogP contribution in [0, 0.1) is 6.61 Å². The van der Waals surface area contributed by atoms with Crippen molar-refractivity contribution in [3.8, 4) is 0 Å². The molecule has 0 aliphatic rings. The van der Waals surface area contributed by atoms with Crippen LogP contribution in [-0.2, 0) is 4.74 Å². The average molecular weight is 98.1 g/mol. The van der Waals surface area contributed by atoms with E-state index in [1.54, 1.807) is 6.08 Å². The van der Waals surface area contributed by atoms with Crippen molar-refractivity contribution < 1.29 is 4.74 Å². The molecule has 1 nitrogen and oxygen atoms in total. The van der Waals surface area contributed by atoms with Gasteiger partial charge in [-0.2, -0.15) is 0 Å². The summed E-state index contributed by atoms with van der Waals surface area (Å²) in [5, 5.41) is 0. The normalized spacial score (nSPS) is 8.71. The lowest BCUT2D eigenvalue weighted by molar-refractivity contribution is 0.214. The molecule has 0 aliphatic heterocycles. The highest BCUT2D eigenvalue weighted by atomic mass is 16.5. The van der Waals surface area contributed by atoms with Crippen molar-refractivity contribution in [1.82, 2.24) is 0 Å². The monoisotopic (exact) mass is 98.1 g/mol. The molecule has 0 aromatic rings. The van der Waals surface area contributed by atoms with Crippen molar-refractivity contribution >= 4 is 0 Å². The van der Waals surface area contributed by atoms with Gasteiger partial charge in [-0.1, -0.05) is 6.08 Å². The van der Waals surface area contributed by atoms with E-state index in [2.05, 4.69) is 13.2 Å². The summed E-state index contributed by atoms with van der Waals surface area (Å²) in [6, 6.07) is 0. The summed E-state index contributed by atoms with van der Waals surface area (Å²) in [6.45, 7) is 8.79. The molecule has 0 aromatic carbocycles. The van der Waals surface area contributed by atoms with Crippen molar-refractivity contribution in [3.63, 3.8) is 0 Å². The minimum Gasteiger partial charge on any atom is -0.369 e. The number of hydrogen-bond acceptors (Lipinski definition) is 1. The van der Waals surface area contributed by atoms with Gasteiger partial charge in [0.15, 0.2) is 0 Å². The molecule has 0 bridgehead atoms. The first kappa shape index (κ1) is 6.70. The van der Waals surface area contributed by atoms with E-state index in [1.165, 1.54) is 0 Å². The van der Waals surface area contributed by atoms with Gasteiger partial charge in [0.05, 0.1) is 0 Å². The zero-order chi connectivity index (χ0) is 5.54. The highest BCUT2D eigenvalue weighted by Gasteiger charge is 1.78. The molecule has 0 aliphatic carbocycles. The Morgan fingerprint density at radius 1 is 1.86 bits per heavy atom. The van der Waals surface area contributed by atoms with Crippen LogP contribution in [0.3, 0.4) is 0 Å². The molecule has 0 heterocycles. The predicted molar refractivity (Wildman–Crippen MR) is 29.7 cm³/mol. The van der Waals surface area contributed by atoms with Crippen LogP contribution in [-0.4, -0.2) is 6.61 Å². The first-order chi connectivity index (χ1) is 3.41. The van der Waals surface area contributed by atoms with Crippen LogP contribution in [0.1, 0.15) is 13.3 Å². The van der Waals surface area contributed by atoms with Gasteiger partial charge < -0.3 is 4.74 Å². The highest BCUT2D eigenvalue weighted by Crippen LogP contribution is 1.87. The Hall–Kier alpha value is -0.300. The third kappa shape index (κ3) is 5.70. The Bertz CT molecular complexity index is 41.4. The fourth-order valence-electron chi connectivity index (χ4n) is 0.220. The lowest BCUT2D eigenvalue weighted by Crippen LogP contribution is -1.82. The summed E-state index contributed by atoms with van der Waals surface area (Å²) >= 11 is 0. The Morgan fingerprint density at radius 3 is 3.00 bits per heavy atom. The molecule has 0 amide bonds. The SMILES string of the molecule is C=CC[C]OCC. The van der Waals surface area contributed by atoms with E-state index in [1.807, 2.05) is 6.92 Å². The maximum Gasteiger partial charge on any atom is 0.136 e. The Balaban J connectivity index is 2.56. The van der Waals surface area contributed by atoms with Crippen LogP contribution in [0.4, 0.5) is 0 Å². The van der Waals surface area contributed by atoms with Gasteiger partial charge in [0.2, 0.25) is 0 Å². The molecule has 7 heavy (non-hydrogen) atoms. The van der Waals surface area contributed by atoms with Gasteiger partial charge in [-0.05, 0) is 6.92 Å². The van der Waals surface area contributed by atoms with Crippen LogP contribution >= 0.6 is 0 Å². The van der Waals surface area contributed by atoms with Gasteiger partial charge in [-0.3, -0.25) is 0 Å². The molecule has 0 saturated heterocycles. The van der Waals surface area contributed by atoms with Crippen LogP contribution < -0.4 is 0 Å². The second-order valence-electron chi connectivity index (χ2n) is 1.07. The maximum absolute atomic E-state index is 4.75. The Labute approximate surface area is 45.0 Å². The summed E-state index contributed by atoms with van der Waals surface area (Å²) < 4.78 is 4.75. The molecule has 40 valence electrons. The van der Waals surface area contributed by atoms with E-state index >= 15 is 0 Å². The molecule has 0 aromatic heterocycles. The van der Waals surface area contributed by atoms with Gasteiger partial charge in [0.25, 0.3) is 0 Å².